The molecule has 2 N–H and O–H groups in total. The lowest BCUT2D eigenvalue weighted by molar-refractivity contribution is -0.137. The van der Waals surface area contributed by atoms with Crippen LogP contribution in [-0.2, 0) is 15.8 Å². The number of methoxy groups -OCH3 is 1. The summed E-state index contributed by atoms with van der Waals surface area (Å²) in [6, 6.07) is 4.28. The molecule has 3 atom stereocenters. The number of nitrogens with zero attached hydrogens (tertiary/aromatic N) is 1. The Hall–Kier alpha value is -1.84. The monoisotopic (exact) mass is 379 g/mol. The molecular weight excluding hydrogens is 355 g/mol. The number of benzene rings is 1. The van der Waals surface area contributed by atoms with E-state index in [1.807, 2.05) is 6.92 Å². The predicted molar refractivity (Wildman–Crippen MR) is 89.1 cm³/mol. The standard InChI is InChI=1S/C17H24F3NO5/c1-4-14(24-3)15(16(23)11(2)22)21-26-10-9-25-13-7-5-12(6-8-13)17(18,19)20/h5-8,11,14,16,22-23H,4,9-10H2,1-3H3/b21-15-/t11-,14+,16+/m1/s1. The summed E-state index contributed by atoms with van der Waals surface area (Å²) in [7, 11) is 1.45. The van der Waals surface area contributed by atoms with Crippen LogP contribution in [0.5, 0.6) is 5.75 Å². The van der Waals surface area contributed by atoms with Gasteiger partial charge < -0.3 is 24.5 Å². The van der Waals surface area contributed by atoms with Crippen molar-refractivity contribution in [1.82, 2.24) is 0 Å². The molecule has 0 aliphatic heterocycles. The SMILES string of the molecule is CC[C@H](OC)/C(=N/OCCOc1ccc(C(F)(F)F)cc1)[C@@H](O)[C@@H](C)O. The summed E-state index contributed by atoms with van der Waals surface area (Å²) >= 11 is 0. The van der Waals surface area contributed by atoms with Gasteiger partial charge in [-0.2, -0.15) is 13.2 Å². The Kier molecular flexibility index (Phi) is 8.83. The van der Waals surface area contributed by atoms with E-state index in [2.05, 4.69) is 5.16 Å². The maximum Gasteiger partial charge on any atom is 0.416 e. The van der Waals surface area contributed by atoms with E-state index < -0.39 is 30.1 Å². The van der Waals surface area contributed by atoms with E-state index in [9.17, 15) is 23.4 Å². The van der Waals surface area contributed by atoms with Crippen LogP contribution in [0.3, 0.4) is 0 Å². The number of rotatable bonds is 10. The molecular formula is C17H24F3NO5. The number of ether oxygens (including phenoxy) is 2. The Morgan fingerprint density at radius 3 is 2.23 bits per heavy atom. The lowest BCUT2D eigenvalue weighted by Gasteiger charge is -2.22. The molecule has 148 valence electrons. The summed E-state index contributed by atoms with van der Waals surface area (Å²) in [5.41, 5.74) is -0.604. The first-order chi connectivity index (χ1) is 12.2. The van der Waals surface area contributed by atoms with Crippen molar-refractivity contribution >= 4 is 5.71 Å². The Morgan fingerprint density at radius 1 is 1.15 bits per heavy atom. The molecule has 1 aromatic rings. The van der Waals surface area contributed by atoms with E-state index in [1.165, 1.54) is 26.2 Å². The van der Waals surface area contributed by atoms with Gasteiger partial charge in [-0.05, 0) is 37.6 Å². The summed E-state index contributed by atoms with van der Waals surface area (Å²) in [5, 5.41) is 23.3. The number of hydrogen-bond donors (Lipinski definition) is 2. The molecule has 1 aromatic carbocycles. The summed E-state index contributed by atoms with van der Waals surface area (Å²) in [6.07, 6.45) is -6.69. The summed E-state index contributed by atoms with van der Waals surface area (Å²) in [6.45, 7) is 3.27. The predicted octanol–water partition coefficient (Wildman–Crippen LogP) is 2.62. The first-order valence-electron chi connectivity index (χ1n) is 8.09. The molecule has 0 fully saturated rings. The Labute approximate surface area is 150 Å². The highest BCUT2D eigenvalue weighted by Gasteiger charge is 2.30. The maximum atomic E-state index is 12.5. The van der Waals surface area contributed by atoms with Crippen LogP contribution in [0.1, 0.15) is 25.8 Å². The highest BCUT2D eigenvalue weighted by molar-refractivity contribution is 5.92. The molecule has 0 aliphatic carbocycles. The lowest BCUT2D eigenvalue weighted by atomic mass is 10.0. The number of aliphatic hydroxyl groups excluding tert-OH is 2. The molecule has 0 aliphatic rings. The minimum absolute atomic E-state index is 0.00278. The van der Waals surface area contributed by atoms with Gasteiger partial charge in [-0.25, -0.2) is 0 Å². The number of aliphatic hydroxyl groups is 2. The van der Waals surface area contributed by atoms with Gasteiger partial charge in [0.1, 0.15) is 30.3 Å². The molecule has 0 aromatic heterocycles. The summed E-state index contributed by atoms with van der Waals surface area (Å²) < 4.78 is 47.9. The fourth-order valence-corrected chi connectivity index (χ4v) is 2.10. The average Bonchev–Trinajstić information content (AvgIpc) is 2.59. The van der Waals surface area contributed by atoms with Crippen LogP contribution in [-0.4, -0.2) is 54.6 Å². The largest absolute Gasteiger partial charge is 0.490 e. The Morgan fingerprint density at radius 2 is 1.77 bits per heavy atom. The van der Waals surface area contributed by atoms with Crippen LogP contribution in [0.4, 0.5) is 13.2 Å². The van der Waals surface area contributed by atoms with Crippen molar-refractivity contribution in [3.8, 4) is 5.75 Å². The molecule has 0 heterocycles. The third-order valence-corrected chi connectivity index (χ3v) is 3.54. The highest BCUT2D eigenvalue weighted by atomic mass is 19.4. The van der Waals surface area contributed by atoms with Gasteiger partial charge in [0, 0.05) is 7.11 Å². The van der Waals surface area contributed by atoms with Crippen molar-refractivity contribution in [1.29, 1.82) is 0 Å². The highest BCUT2D eigenvalue weighted by Crippen LogP contribution is 2.30. The molecule has 0 saturated heterocycles. The zero-order valence-electron chi connectivity index (χ0n) is 14.9. The first kappa shape index (κ1) is 22.2. The van der Waals surface area contributed by atoms with Crippen molar-refractivity contribution < 1.29 is 37.7 Å². The molecule has 0 radical (unpaired) electrons. The van der Waals surface area contributed by atoms with Crippen molar-refractivity contribution in [3.63, 3.8) is 0 Å². The molecule has 26 heavy (non-hydrogen) atoms. The van der Waals surface area contributed by atoms with E-state index in [1.54, 1.807) is 0 Å². The number of alkyl halides is 3. The Bertz CT molecular complexity index is 553. The maximum absolute atomic E-state index is 12.5. The molecule has 0 unspecified atom stereocenters. The van der Waals surface area contributed by atoms with Crippen LogP contribution in [0.2, 0.25) is 0 Å². The number of halogens is 3. The van der Waals surface area contributed by atoms with Crippen molar-refractivity contribution in [2.24, 2.45) is 5.16 Å². The van der Waals surface area contributed by atoms with Crippen LogP contribution >= 0.6 is 0 Å². The zero-order valence-corrected chi connectivity index (χ0v) is 14.9. The van der Waals surface area contributed by atoms with E-state index in [0.29, 0.717) is 6.42 Å². The average molecular weight is 379 g/mol. The fourth-order valence-electron chi connectivity index (χ4n) is 2.10. The van der Waals surface area contributed by atoms with Crippen LogP contribution in [0.15, 0.2) is 29.4 Å². The topological polar surface area (TPSA) is 80.5 Å². The van der Waals surface area contributed by atoms with Gasteiger partial charge in [-0.1, -0.05) is 12.1 Å². The molecule has 0 amide bonds. The molecule has 1 rings (SSSR count). The first-order valence-corrected chi connectivity index (χ1v) is 8.09. The van der Waals surface area contributed by atoms with Gasteiger partial charge in [-0.3, -0.25) is 0 Å². The van der Waals surface area contributed by atoms with Gasteiger partial charge in [0.2, 0.25) is 0 Å². The minimum atomic E-state index is -4.39. The third kappa shape index (κ3) is 6.81. The molecule has 0 bridgehead atoms. The van der Waals surface area contributed by atoms with Crippen LogP contribution in [0.25, 0.3) is 0 Å². The van der Waals surface area contributed by atoms with Gasteiger partial charge in [-0.15, -0.1) is 0 Å². The molecule has 0 saturated carbocycles. The second-order valence-corrected chi connectivity index (χ2v) is 5.54. The second kappa shape index (κ2) is 10.3. The fraction of sp³-hybridized carbons (Fsp3) is 0.588. The Balaban J connectivity index is 2.55. The van der Waals surface area contributed by atoms with E-state index >= 15 is 0 Å². The second-order valence-electron chi connectivity index (χ2n) is 5.54. The van der Waals surface area contributed by atoms with Crippen molar-refractivity contribution in [2.45, 2.75) is 44.8 Å². The lowest BCUT2D eigenvalue weighted by Crippen LogP contribution is -2.40. The number of hydrogen-bond acceptors (Lipinski definition) is 6. The molecule has 9 heteroatoms. The minimum Gasteiger partial charge on any atom is -0.490 e. The number of oxime groups is 1. The zero-order chi connectivity index (χ0) is 19.7. The molecule has 6 nitrogen and oxygen atoms in total. The normalized spacial score (nSPS) is 16.1. The summed E-state index contributed by atoms with van der Waals surface area (Å²) in [4.78, 5) is 5.08. The summed E-state index contributed by atoms with van der Waals surface area (Å²) in [5.74, 6) is 0.262. The van der Waals surface area contributed by atoms with E-state index in [-0.39, 0.29) is 24.7 Å². The molecule has 0 spiro atoms. The quantitative estimate of drug-likeness (QED) is 0.371. The van der Waals surface area contributed by atoms with Gasteiger partial charge in [0.05, 0.1) is 11.7 Å². The van der Waals surface area contributed by atoms with E-state index in [0.717, 1.165) is 12.1 Å². The third-order valence-electron chi connectivity index (χ3n) is 3.54. The van der Waals surface area contributed by atoms with Crippen molar-refractivity contribution in [2.75, 3.05) is 20.3 Å². The van der Waals surface area contributed by atoms with E-state index in [4.69, 9.17) is 14.3 Å². The van der Waals surface area contributed by atoms with Gasteiger partial charge in [0.25, 0.3) is 0 Å². The van der Waals surface area contributed by atoms with Gasteiger partial charge >= 0.3 is 6.18 Å². The van der Waals surface area contributed by atoms with Gasteiger partial charge in [0.15, 0.2) is 6.61 Å². The van der Waals surface area contributed by atoms with Crippen LogP contribution < -0.4 is 4.74 Å². The van der Waals surface area contributed by atoms with Crippen LogP contribution in [0, 0.1) is 0 Å². The van der Waals surface area contributed by atoms with Crippen molar-refractivity contribution in [3.05, 3.63) is 29.8 Å². The smallest absolute Gasteiger partial charge is 0.416 e.